The molecule has 2 rings (SSSR count). The predicted molar refractivity (Wildman–Crippen MR) is 124 cm³/mol. The number of hydrogen-bond donors (Lipinski definition) is 1. The molecule has 8 heteroatoms. The molecular formula is C24H25BrN2O5. The van der Waals surface area contributed by atoms with Gasteiger partial charge in [-0.1, -0.05) is 41.4 Å². The maximum atomic E-state index is 12.5. The minimum atomic E-state index is -0.856. The van der Waals surface area contributed by atoms with E-state index in [1.807, 2.05) is 19.1 Å². The molecule has 7 nitrogen and oxygen atoms in total. The third kappa shape index (κ3) is 7.43. The number of hydrogen-bond acceptors (Lipinski definition) is 6. The lowest BCUT2D eigenvalue weighted by atomic mass is 10.1. The Kier molecular flexibility index (Phi) is 9.76. The molecule has 0 radical (unpaired) electrons. The van der Waals surface area contributed by atoms with E-state index < -0.39 is 18.0 Å². The number of esters is 1. The van der Waals surface area contributed by atoms with Crippen LogP contribution in [0.2, 0.25) is 0 Å². The van der Waals surface area contributed by atoms with Crippen molar-refractivity contribution in [2.24, 2.45) is 0 Å². The lowest BCUT2D eigenvalue weighted by Crippen LogP contribution is -2.28. The fourth-order valence-electron chi connectivity index (χ4n) is 2.63. The highest BCUT2D eigenvalue weighted by Crippen LogP contribution is 2.29. The van der Waals surface area contributed by atoms with Gasteiger partial charge in [0.1, 0.15) is 17.4 Å². The van der Waals surface area contributed by atoms with Crippen LogP contribution in [-0.2, 0) is 9.59 Å². The third-order valence-corrected chi connectivity index (χ3v) is 4.82. The monoisotopic (exact) mass is 500 g/mol. The Balaban J connectivity index is 2.11. The molecule has 1 amide bonds. The molecule has 0 fully saturated rings. The van der Waals surface area contributed by atoms with Gasteiger partial charge in [-0.15, -0.1) is 0 Å². The summed E-state index contributed by atoms with van der Waals surface area (Å²) in [6.45, 7) is 4.11. The zero-order valence-corrected chi connectivity index (χ0v) is 19.8. The molecule has 0 saturated heterocycles. The van der Waals surface area contributed by atoms with Crippen molar-refractivity contribution in [1.82, 2.24) is 5.32 Å². The number of ether oxygens (including phenoxy) is 3. The molecule has 0 saturated carbocycles. The molecule has 0 bridgehead atoms. The van der Waals surface area contributed by atoms with E-state index in [-0.39, 0.29) is 17.1 Å². The van der Waals surface area contributed by atoms with Gasteiger partial charge in [0.2, 0.25) is 0 Å². The van der Waals surface area contributed by atoms with Gasteiger partial charge >= 0.3 is 5.97 Å². The molecule has 0 aliphatic heterocycles. The molecule has 1 atom stereocenters. The molecule has 0 aliphatic rings. The number of unbranched alkanes of at least 4 members (excludes halogenated alkanes) is 1. The molecular weight excluding hydrogens is 476 g/mol. The van der Waals surface area contributed by atoms with Crippen molar-refractivity contribution < 1.29 is 23.8 Å². The van der Waals surface area contributed by atoms with Crippen LogP contribution < -0.4 is 19.5 Å². The first kappa shape index (κ1) is 25.0. The van der Waals surface area contributed by atoms with Crippen molar-refractivity contribution in [3.05, 3.63) is 58.1 Å². The van der Waals surface area contributed by atoms with Gasteiger partial charge in [0.15, 0.2) is 17.6 Å². The minimum Gasteiger partial charge on any atom is -0.493 e. The molecule has 168 valence electrons. The van der Waals surface area contributed by atoms with E-state index in [4.69, 9.17) is 14.2 Å². The number of benzene rings is 2. The van der Waals surface area contributed by atoms with Gasteiger partial charge in [-0.05, 0) is 55.3 Å². The Hall–Kier alpha value is -3.31. The Morgan fingerprint density at radius 2 is 2.00 bits per heavy atom. The second-order valence-electron chi connectivity index (χ2n) is 6.83. The number of methoxy groups -OCH3 is 1. The lowest BCUT2D eigenvalue weighted by Gasteiger charge is -2.15. The molecule has 32 heavy (non-hydrogen) atoms. The number of carbonyl (C=O) groups is 2. The zero-order valence-electron chi connectivity index (χ0n) is 18.2. The number of rotatable bonds is 10. The molecule has 2 aromatic carbocycles. The van der Waals surface area contributed by atoms with Crippen LogP contribution in [0.3, 0.4) is 0 Å². The molecule has 2 aromatic rings. The summed E-state index contributed by atoms with van der Waals surface area (Å²) >= 11 is 3.35. The van der Waals surface area contributed by atoms with Gasteiger partial charge < -0.3 is 19.5 Å². The van der Waals surface area contributed by atoms with E-state index in [0.29, 0.717) is 17.9 Å². The first-order valence-corrected chi connectivity index (χ1v) is 10.9. The van der Waals surface area contributed by atoms with Crippen molar-refractivity contribution in [2.45, 2.75) is 32.8 Å². The average molecular weight is 501 g/mol. The van der Waals surface area contributed by atoms with Gasteiger partial charge in [0.05, 0.1) is 7.11 Å². The smallest absolute Gasteiger partial charge is 0.352 e. The summed E-state index contributed by atoms with van der Waals surface area (Å²) in [7, 11) is 1.43. The highest BCUT2D eigenvalue weighted by molar-refractivity contribution is 9.10. The maximum absolute atomic E-state index is 12.5. The van der Waals surface area contributed by atoms with Gasteiger partial charge in [0, 0.05) is 11.0 Å². The van der Waals surface area contributed by atoms with E-state index in [0.717, 1.165) is 17.3 Å². The molecule has 0 heterocycles. The zero-order chi connectivity index (χ0) is 23.5. The number of halogens is 1. The first-order valence-electron chi connectivity index (χ1n) is 10.1. The van der Waals surface area contributed by atoms with Crippen LogP contribution in [0, 0.1) is 11.3 Å². The van der Waals surface area contributed by atoms with E-state index in [1.54, 1.807) is 43.3 Å². The Morgan fingerprint density at radius 1 is 1.22 bits per heavy atom. The van der Waals surface area contributed by atoms with Gasteiger partial charge in [-0.2, -0.15) is 5.26 Å². The third-order valence-electron chi connectivity index (χ3n) is 4.33. The summed E-state index contributed by atoms with van der Waals surface area (Å²) in [4.78, 5) is 24.6. The normalized spacial score (nSPS) is 11.8. The van der Waals surface area contributed by atoms with Gasteiger partial charge in [0.25, 0.3) is 5.91 Å². The van der Waals surface area contributed by atoms with Crippen molar-refractivity contribution in [1.29, 1.82) is 5.26 Å². The van der Waals surface area contributed by atoms with Crippen LogP contribution in [0.15, 0.2) is 52.5 Å². The predicted octanol–water partition coefficient (Wildman–Crippen LogP) is 4.65. The SMILES string of the molecule is CCCCNC(=O)/C(C#N)=C/c1ccc(OC(=O)C(C)Oc2cccc(Br)c2)c(OC)c1. The fraction of sp³-hybridized carbons (Fsp3) is 0.292. The summed E-state index contributed by atoms with van der Waals surface area (Å²) in [6, 6.07) is 13.8. The molecule has 0 aliphatic carbocycles. The van der Waals surface area contributed by atoms with Crippen LogP contribution in [-0.4, -0.2) is 31.6 Å². The average Bonchev–Trinajstić information content (AvgIpc) is 2.78. The lowest BCUT2D eigenvalue weighted by molar-refractivity contribution is -0.141. The van der Waals surface area contributed by atoms with Crippen molar-refractivity contribution in [3.63, 3.8) is 0 Å². The summed E-state index contributed by atoms with van der Waals surface area (Å²) in [5, 5.41) is 12.0. The standard InChI is InChI=1S/C24H25BrN2O5/c1-4-5-11-27-23(28)18(15-26)12-17-9-10-21(22(13-17)30-3)32-24(29)16(2)31-20-8-6-7-19(25)14-20/h6-10,12-14,16H,4-5,11H2,1-3H3,(H,27,28)/b18-12+. The van der Waals surface area contributed by atoms with Crippen LogP contribution in [0.4, 0.5) is 0 Å². The van der Waals surface area contributed by atoms with Gasteiger partial charge in [-0.25, -0.2) is 4.79 Å². The Morgan fingerprint density at radius 3 is 2.66 bits per heavy atom. The second kappa shape index (κ2) is 12.5. The topological polar surface area (TPSA) is 97.7 Å². The second-order valence-corrected chi connectivity index (χ2v) is 7.74. The molecule has 1 N–H and O–H groups in total. The van der Waals surface area contributed by atoms with Gasteiger partial charge in [-0.3, -0.25) is 4.79 Å². The van der Waals surface area contributed by atoms with Crippen LogP contribution >= 0.6 is 15.9 Å². The molecule has 1 unspecified atom stereocenters. The summed E-state index contributed by atoms with van der Waals surface area (Å²) in [5.41, 5.74) is 0.534. The van der Waals surface area contributed by atoms with Crippen LogP contribution in [0.25, 0.3) is 6.08 Å². The number of carbonyl (C=O) groups excluding carboxylic acids is 2. The fourth-order valence-corrected chi connectivity index (χ4v) is 3.01. The van der Waals surface area contributed by atoms with Crippen molar-refractivity contribution in [2.75, 3.05) is 13.7 Å². The largest absolute Gasteiger partial charge is 0.493 e. The number of amides is 1. The van der Waals surface area contributed by atoms with E-state index in [1.165, 1.54) is 13.2 Å². The number of nitrogens with one attached hydrogen (secondary N) is 1. The Bertz CT molecular complexity index is 1030. The van der Waals surface area contributed by atoms with Crippen molar-refractivity contribution in [3.8, 4) is 23.3 Å². The highest BCUT2D eigenvalue weighted by Gasteiger charge is 2.20. The number of nitrogens with zero attached hydrogens (tertiary/aromatic N) is 1. The van der Waals surface area contributed by atoms with E-state index in [9.17, 15) is 14.9 Å². The summed E-state index contributed by atoms with van der Waals surface area (Å²) in [6.07, 6.45) is 2.37. The van der Waals surface area contributed by atoms with E-state index in [2.05, 4.69) is 21.2 Å². The van der Waals surface area contributed by atoms with Crippen molar-refractivity contribution >= 4 is 33.9 Å². The first-order chi connectivity index (χ1) is 15.4. The number of nitriles is 1. The molecule has 0 spiro atoms. The summed E-state index contributed by atoms with van der Waals surface area (Å²) < 4.78 is 17.2. The minimum absolute atomic E-state index is 0.0241. The van der Waals surface area contributed by atoms with Crippen LogP contribution in [0.5, 0.6) is 17.2 Å². The van der Waals surface area contributed by atoms with E-state index >= 15 is 0 Å². The Labute approximate surface area is 196 Å². The molecule has 0 aromatic heterocycles. The summed E-state index contributed by atoms with van der Waals surface area (Å²) in [5.74, 6) is -0.0262. The van der Waals surface area contributed by atoms with Crippen LogP contribution in [0.1, 0.15) is 32.3 Å². The highest BCUT2D eigenvalue weighted by atomic mass is 79.9. The quantitative estimate of drug-likeness (QED) is 0.167. The maximum Gasteiger partial charge on any atom is 0.352 e.